The molecule has 0 N–H and O–H groups in total. The van der Waals surface area contributed by atoms with E-state index in [1.165, 1.54) is 6.08 Å². The minimum Gasteiger partial charge on any atom is -0.467 e. The summed E-state index contributed by atoms with van der Waals surface area (Å²) >= 11 is 12.3. The molecule has 1 amide bonds. The molecule has 25 heavy (non-hydrogen) atoms. The van der Waals surface area contributed by atoms with Crippen molar-refractivity contribution in [3.05, 3.63) is 88.2 Å². The van der Waals surface area contributed by atoms with E-state index in [2.05, 4.69) is 0 Å². The maximum atomic E-state index is 12.7. The van der Waals surface area contributed by atoms with Gasteiger partial charge in [0.1, 0.15) is 11.5 Å². The Balaban J connectivity index is 1.79. The Kier molecular flexibility index (Phi) is 5.64. The number of furan rings is 2. The van der Waals surface area contributed by atoms with Crippen LogP contribution in [0, 0.1) is 0 Å². The zero-order valence-corrected chi connectivity index (χ0v) is 14.7. The van der Waals surface area contributed by atoms with E-state index in [4.69, 9.17) is 32.0 Å². The van der Waals surface area contributed by atoms with Gasteiger partial charge in [0.2, 0.25) is 5.91 Å². The third-order valence-electron chi connectivity index (χ3n) is 3.56. The Morgan fingerprint density at radius 2 is 1.48 bits per heavy atom. The largest absolute Gasteiger partial charge is 0.467 e. The first-order valence-corrected chi connectivity index (χ1v) is 8.35. The van der Waals surface area contributed by atoms with Gasteiger partial charge in [-0.3, -0.25) is 4.79 Å². The van der Waals surface area contributed by atoms with Gasteiger partial charge in [0.25, 0.3) is 0 Å². The second kappa shape index (κ2) is 8.10. The molecule has 0 bridgehead atoms. The highest BCUT2D eigenvalue weighted by atomic mass is 35.5. The number of halogens is 2. The van der Waals surface area contributed by atoms with Gasteiger partial charge in [-0.2, -0.15) is 0 Å². The monoisotopic (exact) mass is 375 g/mol. The SMILES string of the molecule is O=C(C=Cc1c(Cl)cccc1Cl)N(Cc1ccco1)Cc1ccco1. The summed E-state index contributed by atoms with van der Waals surface area (Å²) in [6.45, 7) is 0.653. The first kappa shape index (κ1) is 17.4. The summed E-state index contributed by atoms with van der Waals surface area (Å²) in [4.78, 5) is 14.3. The van der Waals surface area contributed by atoms with Gasteiger partial charge in [0.05, 0.1) is 25.6 Å². The van der Waals surface area contributed by atoms with Crippen LogP contribution in [-0.2, 0) is 17.9 Å². The summed E-state index contributed by atoms with van der Waals surface area (Å²) in [5.41, 5.74) is 0.607. The Labute approximate surface area is 155 Å². The lowest BCUT2D eigenvalue weighted by molar-refractivity contribution is -0.127. The predicted octanol–water partition coefficient (Wildman–Crippen LogP) is 5.42. The van der Waals surface area contributed by atoms with Crippen LogP contribution < -0.4 is 0 Å². The molecule has 0 aliphatic heterocycles. The van der Waals surface area contributed by atoms with Crippen molar-refractivity contribution in [2.24, 2.45) is 0 Å². The number of carbonyl (C=O) groups is 1. The highest BCUT2D eigenvalue weighted by molar-refractivity contribution is 6.37. The molecular formula is C19H15Cl2NO3. The van der Waals surface area contributed by atoms with Crippen LogP contribution in [0.2, 0.25) is 10.0 Å². The van der Waals surface area contributed by atoms with Gasteiger partial charge in [-0.05, 0) is 42.5 Å². The number of nitrogens with zero attached hydrogens (tertiary/aromatic N) is 1. The molecule has 2 aromatic heterocycles. The highest BCUT2D eigenvalue weighted by Crippen LogP contribution is 2.25. The number of benzene rings is 1. The van der Waals surface area contributed by atoms with E-state index in [0.717, 1.165) is 0 Å². The summed E-state index contributed by atoms with van der Waals surface area (Å²) in [6, 6.07) is 12.4. The van der Waals surface area contributed by atoms with Crippen LogP contribution in [0.1, 0.15) is 17.1 Å². The Bertz CT molecular complexity index is 798. The quantitative estimate of drug-likeness (QED) is 0.540. The molecule has 0 aliphatic rings. The average Bonchev–Trinajstić information content (AvgIpc) is 3.27. The predicted molar refractivity (Wildman–Crippen MR) is 97.2 cm³/mol. The highest BCUT2D eigenvalue weighted by Gasteiger charge is 2.15. The zero-order chi connectivity index (χ0) is 17.6. The molecule has 128 valence electrons. The summed E-state index contributed by atoms with van der Waals surface area (Å²) in [7, 11) is 0. The van der Waals surface area contributed by atoms with E-state index in [9.17, 15) is 4.79 Å². The van der Waals surface area contributed by atoms with Gasteiger partial charge in [0, 0.05) is 21.7 Å². The normalized spacial score (nSPS) is 11.1. The van der Waals surface area contributed by atoms with Gasteiger partial charge < -0.3 is 13.7 Å². The minimum atomic E-state index is -0.205. The maximum absolute atomic E-state index is 12.7. The fourth-order valence-corrected chi connectivity index (χ4v) is 2.85. The Morgan fingerprint density at radius 3 is 1.96 bits per heavy atom. The van der Waals surface area contributed by atoms with Crippen LogP contribution in [0.4, 0.5) is 0 Å². The molecule has 0 aliphatic carbocycles. The third kappa shape index (κ3) is 4.56. The van der Waals surface area contributed by atoms with E-state index < -0.39 is 0 Å². The van der Waals surface area contributed by atoms with Crippen LogP contribution in [-0.4, -0.2) is 10.8 Å². The van der Waals surface area contributed by atoms with Gasteiger partial charge in [0.15, 0.2) is 0 Å². The van der Waals surface area contributed by atoms with Crippen LogP contribution >= 0.6 is 23.2 Å². The van der Waals surface area contributed by atoms with Crippen LogP contribution in [0.25, 0.3) is 6.08 Å². The third-order valence-corrected chi connectivity index (χ3v) is 4.22. The van der Waals surface area contributed by atoms with Crippen LogP contribution in [0.5, 0.6) is 0 Å². The number of amides is 1. The topological polar surface area (TPSA) is 46.6 Å². The van der Waals surface area contributed by atoms with Crippen molar-refractivity contribution in [2.45, 2.75) is 13.1 Å². The fourth-order valence-electron chi connectivity index (χ4n) is 2.32. The van der Waals surface area contributed by atoms with E-state index in [1.54, 1.807) is 53.8 Å². The standard InChI is InChI=1S/C19H15Cl2NO3/c20-17-6-1-7-18(21)16(17)8-9-19(23)22(12-14-4-2-10-24-14)13-15-5-3-11-25-15/h1-11H,12-13H2. The summed E-state index contributed by atoms with van der Waals surface area (Å²) < 4.78 is 10.7. The molecule has 0 fully saturated rings. The van der Waals surface area contributed by atoms with Crippen molar-refractivity contribution in [3.8, 4) is 0 Å². The molecular weight excluding hydrogens is 361 g/mol. The van der Waals surface area contributed by atoms with Gasteiger partial charge >= 0.3 is 0 Å². The summed E-state index contributed by atoms with van der Waals surface area (Å²) in [6.07, 6.45) is 6.21. The Hall–Kier alpha value is -2.43. The minimum absolute atomic E-state index is 0.205. The summed E-state index contributed by atoms with van der Waals surface area (Å²) in [5, 5.41) is 0.973. The molecule has 0 unspecified atom stereocenters. The first-order valence-electron chi connectivity index (χ1n) is 7.59. The lowest BCUT2D eigenvalue weighted by Gasteiger charge is -2.18. The molecule has 1 aromatic carbocycles. The molecule has 0 saturated carbocycles. The smallest absolute Gasteiger partial charge is 0.247 e. The van der Waals surface area contributed by atoms with E-state index in [-0.39, 0.29) is 5.91 Å². The molecule has 3 aromatic rings. The zero-order valence-electron chi connectivity index (χ0n) is 13.2. The Morgan fingerprint density at radius 1 is 0.920 bits per heavy atom. The second-order valence-corrected chi connectivity index (χ2v) is 6.14. The lowest BCUT2D eigenvalue weighted by Crippen LogP contribution is -2.28. The van der Waals surface area contributed by atoms with Gasteiger partial charge in [-0.25, -0.2) is 0 Å². The molecule has 6 heteroatoms. The first-order chi connectivity index (χ1) is 12.1. The number of carbonyl (C=O) groups excluding carboxylic acids is 1. The summed E-state index contributed by atoms with van der Waals surface area (Å²) in [5.74, 6) is 1.16. The van der Waals surface area contributed by atoms with Crippen molar-refractivity contribution >= 4 is 35.2 Å². The van der Waals surface area contributed by atoms with Crippen molar-refractivity contribution in [2.75, 3.05) is 0 Å². The molecule has 0 radical (unpaired) electrons. The van der Waals surface area contributed by atoms with Gasteiger partial charge in [-0.1, -0.05) is 29.3 Å². The second-order valence-electron chi connectivity index (χ2n) is 5.32. The van der Waals surface area contributed by atoms with E-state index in [1.807, 2.05) is 12.1 Å². The lowest BCUT2D eigenvalue weighted by atomic mass is 10.2. The molecule has 3 rings (SSSR count). The fraction of sp³-hybridized carbons (Fsp3) is 0.105. The van der Waals surface area contributed by atoms with Crippen molar-refractivity contribution in [1.82, 2.24) is 4.90 Å². The number of rotatable bonds is 6. The number of hydrogen-bond donors (Lipinski definition) is 0. The maximum Gasteiger partial charge on any atom is 0.247 e. The van der Waals surface area contributed by atoms with Crippen molar-refractivity contribution in [1.29, 1.82) is 0 Å². The van der Waals surface area contributed by atoms with Crippen LogP contribution in [0.15, 0.2) is 69.9 Å². The molecule has 0 saturated heterocycles. The number of hydrogen-bond acceptors (Lipinski definition) is 3. The van der Waals surface area contributed by atoms with E-state index in [0.29, 0.717) is 40.2 Å². The molecule has 2 heterocycles. The van der Waals surface area contributed by atoms with Crippen molar-refractivity contribution in [3.63, 3.8) is 0 Å². The van der Waals surface area contributed by atoms with Gasteiger partial charge in [-0.15, -0.1) is 0 Å². The van der Waals surface area contributed by atoms with E-state index >= 15 is 0 Å². The molecule has 0 spiro atoms. The molecule has 4 nitrogen and oxygen atoms in total. The van der Waals surface area contributed by atoms with Crippen LogP contribution in [0.3, 0.4) is 0 Å². The average molecular weight is 376 g/mol. The van der Waals surface area contributed by atoms with Crippen molar-refractivity contribution < 1.29 is 13.6 Å². The molecule has 0 atom stereocenters.